The molecule has 2 aromatic heterocycles. The maximum atomic E-state index is 14.1. The molecule has 1 atom stereocenters. The molecule has 222 valence electrons. The van der Waals surface area contributed by atoms with Crippen LogP contribution in [0.2, 0.25) is 0 Å². The number of benzene rings is 2. The molecule has 4 aromatic rings. The first-order chi connectivity index (χ1) is 21.0. The number of halogens is 1. The van der Waals surface area contributed by atoms with Crippen LogP contribution >= 0.6 is 0 Å². The third-order valence-electron chi connectivity index (χ3n) is 8.08. The van der Waals surface area contributed by atoms with Crippen molar-refractivity contribution in [2.45, 2.75) is 63.9 Å². The van der Waals surface area contributed by atoms with E-state index in [0.29, 0.717) is 29.7 Å². The summed E-state index contributed by atoms with van der Waals surface area (Å²) in [5.41, 5.74) is 2.53. The molecule has 0 unspecified atom stereocenters. The van der Waals surface area contributed by atoms with Gasteiger partial charge in [-0.05, 0) is 74.4 Å². The lowest BCUT2D eigenvalue weighted by atomic mass is 9.85. The SMILES string of the molecule is COC(=O)c1ccc2nc(CC3CCC(Oc4ccnc(COc5ccc(C#N)cc5F)n4)CC3)n(C[C@@H]3CCO3)c2c1. The Morgan fingerprint density at radius 3 is 2.67 bits per heavy atom. The van der Waals surface area contributed by atoms with Gasteiger partial charge in [0.2, 0.25) is 5.88 Å². The van der Waals surface area contributed by atoms with Crippen molar-refractivity contribution in [2.24, 2.45) is 5.92 Å². The largest absolute Gasteiger partial charge is 0.483 e. The number of aromatic nitrogens is 4. The fraction of sp³-hybridized carbons (Fsp3) is 0.406. The lowest BCUT2D eigenvalue weighted by Crippen LogP contribution is -2.32. The van der Waals surface area contributed by atoms with E-state index in [4.69, 9.17) is 29.2 Å². The molecular weight excluding hydrogens is 553 g/mol. The standard InChI is InChI=1S/C32H32FN5O5/c1-40-32(39)22-5-8-26-27(16-22)38(18-24-11-13-41-24)30(36-26)15-20-2-6-23(7-3-20)43-31-10-12-35-29(37-31)19-42-28-9-4-21(17-34)14-25(28)33/h4-5,8-10,12,14,16,20,23-24H,2-3,6-7,11,13,15,18-19H2,1H3/t20?,23?,24-/m0/s1. The van der Waals surface area contributed by atoms with E-state index in [2.05, 4.69) is 14.5 Å². The highest BCUT2D eigenvalue weighted by Gasteiger charge is 2.27. The number of rotatable bonds is 10. The summed E-state index contributed by atoms with van der Waals surface area (Å²) in [4.78, 5) is 25.8. The predicted octanol–water partition coefficient (Wildman–Crippen LogP) is 5.17. The summed E-state index contributed by atoms with van der Waals surface area (Å²) in [5.74, 6) is 1.36. The first-order valence-corrected chi connectivity index (χ1v) is 14.5. The molecule has 43 heavy (non-hydrogen) atoms. The molecule has 0 radical (unpaired) electrons. The summed E-state index contributed by atoms with van der Waals surface area (Å²) in [6.45, 7) is 1.47. The van der Waals surface area contributed by atoms with Gasteiger partial charge in [-0.15, -0.1) is 0 Å². The minimum Gasteiger partial charge on any atom is -0.483 e. The summed E-state index contributed by atoms with van der Waals surface area (Å²) in [6, 6.07) is 13.2. The average Bonchev–Trinajstić information content (AvgIpc) is 3.34. The third kappa shape index (κ3) is 6.60. The molecule has 11 heteroatoms. The molecule has 6 rings (SSSR count). The van der Waals surface area contributed by atoms with E-state index in [9.17, 15) is 9.18 Å². The highest BCUT2D eigenvalue weighted by molar-refractivity contribution is 5.93. The van der Waals surface area contributed by atoms with Gasteiger partial charge in [-0.2, -0.15) is 10.2 Å². The maximum Gasteiger partial charge on any atom is 0.337 e. The Labute approximate surface area is 248 Å². The number of fused-ring (bicyclic) bond motifs is 1. The van der Waals surface area contributed by atoms with Gasteiger partial charge in [-0.25, -0.2) is 19.2 Å². The maximum absolute atomic E-state index is 14.1. The van der Waals surface area contributed by atoms with E-state index >= 15 is 0 Å². The smallest absolute Gasteiger partial charge is 0.337 e. The van der Waals surface area contributed by atoms with Gasteiger partial charge in [-0.1, -0.05) is 0 Å². The Morgan fingerprint density at radius 1 is 1.12 bits per heavy atom. The second kappa shape index (κ2) is 12.8. The second-order valence-corrected chi connectivity index (χ2v) is 10.9. The van der Waals surface area contributed by atoms with Crippen molar-refractivity contribution in [1.82, 2.24) is 19.5 Å². The molecule has 10 nitrogen and oxygen atoms in total. The Balaban J connectivity index is 1.06. The molecule has 0 amide bonds. The monoisotopic (exact) mass is 585 g/mol. The van der Waals surface area contributed by atoms with Crippen LogP contribution in [0.15, 0.2) is 48.7 Å². The van der Waals surface area contributed by atoms with Gasteiger partial charge in [-0.3, -0.25) is 0 Å². The fourth-order valence-corrected chi connectivity index (χ4v) is 5.64. The Kier molecular flexibility index (Phi) is 8.47. The van der Waals surface area contributed by atoms with Crippen LogP contribution in [0.4, 0.5) is 4.39 Å². The summed E-state index contributed by atoms with van der Waals surface area (Å²) in [6.07, 6.45) is 7.38. The number of hydrogen-bond donors (Lipinski definition) is 0. The average molecular weight is 586 g/mol. The first kappa shape index (κ1) is 28.6. The zero-order chi connectivity index (χ0) is 29.8. The summed E-state index contributed by atoms with van der Waals surface area (Å²) in [7, 11) is 1.39. The molecule has 2 aliphatic rings. The summed E-state index contributed by atoms with van der Waals surface area (Å²) < 4.78 is 38.7. The van der Waals surface area contributed by atoms with E-state index in [0.717, 1.165) is 68.1 Å². The van der Waals surface area contributed by atoms with E-state index in [-0.39, 0.29) is 36.1 Å². The van der Waals surface area contributed by atoms with Gasteiger partial charge in [0.05, 0.1) is 48.0 Å². The van der Waals surface area contributed by atoms with Crippen molar-refractivity contribution in [3.05, 3.63) is 77.3 Å². The van der Waals surface area contributed by atoms with Crippen LogP contribution in [0.1, 0.15) is 59.7 Å². The van der Waals surface area contributed by atoms with Crippen LogP contribution in [-0.4, -0.2) is 51.4 Å². The number of nitrogens with zero attached hydrogens (tertiary/aromatic N) is 5. The molecule has 0 bridgehead atoms. The van der Waals surface area contributed by atoms with Crippen LogP contribution in [0.3, 0.4) is 0 Å². The van der Waals surface area contributed by atoms with Crippen molar-refractivity contribution >= 4 is 17.0 Å². The van der Waals surface area contributed by atoms with E-state index in [1.54, 1.807) is 18.3 Å². The molecule has 1 saturated heterocycles. The van der Waals surface area contributed by atoms with Crippen LogP contribution in [-0.2, 0) is 29.0 Å². The quantitative estimate of drug-likeness (QED) is 0.232. The Bertz CT molecular complexity index is 1660. The molecule has 3 heterocycles. The number of carbonyl (C=O) groups excluding carboxylic acids is 1. The van der Waals surface area contributed by atoms with Crippen LogP contribution in [0.5, 0.6) is 11.6 Å². The van der Waals surface area contributed by atoms with Gasteiger partial charge in [0.25, 0.3) is 0 Å². The molecular formula is C32H32FN5O5. The van der Waals surface area contributed by atoms with Crippen molar-refractivity contribution in [2.75, 3.05) is 13.7 Å². The van der Waals surface area contributed by atoms with Gasteiger partial charge in [0.1, 0.15) is 18.5 Å². The van der Waals surface area contributed by atoms with Gasteiger partial charge < -0.3 is 23.5 Å². The lowest BCUT2D eigenvalue weighted by Gasteiger charge is -2.30. The topological polar surface area (TPSA) is 121 Å². The van der Waals surface area contributed by atoms with Gasteiger partial charge in [0.15, 0.2) is 17.4 Å². The predicted molar refractivity (Wildman–Crippen MR) is 153 cm³/mol. The summed E-state index contributed by atoms with van der Waals surface area (Å²) >= 11 is 0. The second-order valence-electron chi connectivity index (χ2n) is 10.9. The Hall–Kier alpha value is -4.56. The van der Waals surface area contributed by atoms with E-state index in [1.807, 2.05) is 18.2 Å². The minimum atomic E-state index is -0.610. The number of hydrogen-bond acceptors (Lipinski definition) is 9. The van der Waals surface area contributed by atoms with E-state index < -0.39 is 5.82 Å². The molecule has 1 aliphatic heterocycles. The number of methoxy groups -OCH3 is 1. The zero-order valence-electron chi connectivity index (χ0n) is 23.9. The summed E-state index contributed by atoms with van der Waals surface area (Å²) in [5, 5.41) is 8.90. The molecule has 1 aliphatic carbocycles. The lowest BCUT2D eigenvalue weighted by molar-refractivity contribution is -0.0590. The molecule has 1 saturated carbocycles. The molecule has 0 spiro atoms. The number of ether oxygens (including phenoxy) is 4. The molecule has 2 aromatic carbocycles. The number of nitriles is 1. The highest BCUT2D eigenvalue weighted by atomic mass is 19.1. The first-order valence-electron chi connectivity index (χ1n) is 14.5. The van der Waals surface area contributed by atoms with Crippen molar-refractivity contribution < 1.29 is 28.1 Å². The van der Waals surface area contributed by atoms with Crippen LogP contribution in [0, 0.1) is 23.1 Å². The number of esters is 1. The van der Waals surface area contributed by atoms with Crippen molar-refractivity contribution in [3.8, 4) is 17.7 Å². The zero-order valence-corrected chi connectivity index (χ0v) is 23.9. The van der Waals surface area contributed by atoms with Gasteiger partial charge >= 0.3 is 5.97 Å². The number of imidazole rings is 1. The van der Waals surface area contributed by atoms with Crippen molar-refractivity contribution in [3.63, 3.8) is 0 Å². The third-order valence-corrected chi connectivity index (χ3v) is 8.08. The van der Waals surface area contributed by atoms with Crippen LogP contribution < -0.4 is 9.47 Å². The van der Waals surface area contributed by atoms with Crippen LogP contribution in [0.25, 0.3) is 11.0 Å². The molecule has 2 fully saturated rings. The normalized spacial score (nSPS) is 19.8. The molecule has 0 N–H and O–H groups in total. The Morgan fingerprint density at radius 2 is 1.95 bits per heavy atom. The minimum absolute atomic E-state index is 0.0270. The highest BCUT2D eigenvalue weighted by Crippen LogP contribution is 2.31. The van der Waals surface area contributed by atoms with E-state index in [1.165, 1.54) is 19.2 Å². The van der Waals surface area contributed by atoms with Crippen molar-refractivity contribution in [1.29, 1.82) is 5.26 Å². The fourth-order valence-electron chi connectivity index (χ4n) is 5.64. The number of carbonyl (C=O) groups is 1. The van der Waals surface area contributed by atoms with Gasteiger partial charge in [0, 0.05) is 25.3 Å².